The lowest BCUT2D eigenvalue weighted by atomic mass is 9.63. The topological polar surface area (TPSA) is 135 Å². The average molecular weight is 616 g/mol. The van der Waals surface area contributed by atoms with Crippen LogP contribution >= 0.6 is 11.3 Å². The van der Waals surface area contributed by atoms with Crippen LogP contribution in [0.3, 0.4) is 0 Å². The molecular weight excluding hydrogens is 574 g/mol. The molecule has 3 aromatic heterocycles. The molecule has 44 heavy (non-hydrogen) atoms. The molecule has 0 amide bonds. The maximum absolute atomic E-state index is 10.1. The van der Waals surface area contributed by atoms with Crippen molar-refractivity contribution in [1.29, 1.82) is 5.26 Å². The molecular formula is C33H41N7O3S. The zero-order chi connectivity index (χ0) is 30.6. The summed E-state index contributed by atoms with van der Waals surface area (Å²) >= 11 is 1.54. The van der Waals surface area contributed by atoms with E-state index in [1.54, 1.807) is 17.4 Å². The molecule has 4 aliphatic rings. The highest BCUT2D eigenvalue weighted by Gasteiger charge is 2.49. The second-order valence-electron chi connectivity index (χ2n) is 13.5. The van der Waals surface area contributed by atoms with Crippen LogP contribution in [0.25, 0.3) is 11.5 Å². The number of fused-ring (bicyclic) bond motifs is 4. The number of nitrogens with zero attached hydrogens (tertiary/aromatic N) is 5. The average Bonchev–Trinajstić information content (AvgIpc) is 3.77. The Hall–Kier alpha value is -3.46. The molecule has 1 spiro atoms. The summed E-state index contributed by atoms with van der Waals surface area (Å²) in [6.07, 6.45) is 10.1. The quantitative estimate of drug-likeness (QED) is 0.344. The van der Waals surface area contributed by atoms with E-state index in [2.05, 4.69) is 48.9 Å². The third-order valence-electron chi connectivity index (χ3n) is 10.0. The molecule has 7 rings (SSSR count). The molecule has 0 bridgehead atoms. The molecule has 3 aromatic rings. The van der Waals surface area contributed by atoms with Crippen LogP contribution in [-0.4, -0.2) is 64.0 Å². The number of nitrogen functional groups attached to an aromatic ring is 1. The minimum atomic E-state index is -0.416. The SMILES string of the molecule is C=C[C@H](Oc1cc(O[C@H]2CNC(C)(C)C2)nc(-c2noc3c2CCC[C@@]32CCCc3sc(N)c(C#N)c32)n1)[C@@H]1CCCN1C. The zero-order valence-corrected chi connectivity index (χ0v) is 26.6. The van der Waals surface area contributed by atoms with Crippen molar-refractivity contribution in [2.24, 2.45) is 0 Å². The fraction of sp³-hybridized carbons (Fsp3) is 0.576. The third-order valence-corrected chi connectivity index (χ3v) is 11.1. The number of anilines is 1. The van der Waals surface area contributed by atoms with Gasteiger partial charge in [0.15, 0.2) is 17.3 Å². The van der Waals surface area contributed by atoms with Gasteiger partial charge in [-0.2, -0.15) is 15.2 Å². The van der Waals surface area contributed by atoms with Gasteiger partial charge >= 0.3 is 0 Å². The minimum Gasteiger partial charge on any atom is -0.473 e. The number of nitrogens with two attached hydrogens (primary N) is 1. The second kappa shape index (κ2) is 11.2. The van der Waals surface area contributed by atoms with Gasteiger partial charge in [0, 0.05) is 28.9 Å². The molecule has 2 aliphatic carbocycles. The van der Waals surface area contributed by atoms with Gasteiger partial charge in [0.05, 0.1) is 23.1 Å². The summed E-state index contributed by atoms with van der Waals surface area (Å²) in [5.41, 5.74) is 9.18. The number of ether oxygens (including phenoxy) is 2. The molecule has 0 unspecified atom stereocenters. The van der Waals surface area contributed by atoms with Gasteiger partial charge < -0.3 is 25.0 Å². The molecule has 4 atom stereocenters. The van der Waals surface area contributed by atoms with E-state index in [0.717, 1.165) is 87.8 Å². The van der Waals surface area contributed by atoms with Gasteiger partial charge in [0.1, 0.15) is 23.3 Å². The number of rotatable bonds is 7. The molecule has 0 saturated carbocycles. The second-order valence-corrected chi connectivity index (χ2v) is 14.6. The first-order chi connectivity index (χ1) is 21.2. The molecule has 232 valence electrons. The van der Waals surface area contributed by atoms with Gasteiger partial charge in [0.2, 0.25) is 11.8 Å². The number of nitriles is 1. The van der Waals surface area contributed by atoms with E-state index >= 15 is 0 Å². The molecule has 5 heterocycles. The lowest BCUT2D eigenvalue weighted by molar-refractivity contribution is 0.136. The first kappa shape index (κ1) is 29.3. The number of likely N-dealkylation sites (tertiary alicyclic amines) is 1. The van der Waals surface area contributed by atoms with E-state index in [4.69, 9.17) is 29.7 Å². The Bertz CT molecular complexity index is 1620. The Morgan fingerprint density at radius 3 is 2.75 bits per heavy atom. The highest BCUT2D eigenvalue weighted by atomic mass is 32.1. The van der Waals surface area contributed by atoms with Gasteiger partial charge in [-0.15, -0.1) is 11.3 Å². The fourth-order valence-electron chi connectivity index (χ4n) is 7.98. The van der Waals surface area contributed by atoms with Crippen molar-refractivity contribution in [1.82, 2.24) is 25.3 Å². The normalized spacial score (nSPS) is 26.6. The summed E-state index contributed by atoms with van der Waals surface area (Å²) in [6, 6.07) is 4.41. The largest absolute Gasteiger partial charge is 0.473 e. The van der Waals surface area contributed by atoms with Crippen molar-refractivity contribution in [3.05, 3.63) is 46.0 Å². The summed E-state index contributed by atoms with van der Waals surface area (Å²) in [6.45, 7) is 10.2. The van der Waals surface area contributed by atoms with Crippen LogP contribution in [0.2, 0.25) is 0 Å². The predicted octanol–water partition coefficient (Wildman–Crippen LogP) is 5.15. The highest BCUT2D eigenvalue weighted by molar-refractivity contribution is 7.16. The maximum Gasteiger partial charge on any atom is 0.221 e. The number of likely N-dealkylation sites (N-methyl/N-ethyl adjacent to an activating group) is 1. The minimum absolute atomic E-state index is 0.00741. The summed E-state index contributed by atoms with van der Waals surface area (Å²) in [5, 5.41) is 18.8. The van der Waals surface area contributed by atoms with E-state index in [1.807, 2.05) is 6.08 Å². The van der Waals surface area contributed by atoms with Crippen molar-refractivity contribution in [3.8, 4) is 29.3 Å². The number of nitrogens with one attached hydrogen (secondary N) is 1. The van der Waals surface area contributed by atoms with Crippen LogP contribution < -0.4 is 20.5 Å². The predicted molar refractivity (Wildman–Crippen MR) is 169 cm³/mol. The van der Waals surface area contributed by atoms with Gasteiger partial charge in [-0.1, -0.05) is 11.7 Å². The van der Waals surface area contributed by atoms with Gasteiger partial charge in [0.25, 0.3) is 0 Å². The van der Waals surface area contributed by atoms with E-state index in [1.165, 1.54) is 4.88 Å². The first-order valence-electron chi connectivity index (χ1n) is 15.8. The van der Waals surface area contributed by atoms with Crippen LogP contribution in [0.5, 0.6) is 11.8 Å². The van der Waals surface area contributed by atoms with Crippen molar-refractivity contribution < 1.29 is 14.0 Å². The van der Waals surface area contributed by atoms with Crippen LogP contribution in [-0.2, 0) is 18.3 Å². The summed E-state index contributed by atoms with van der Waals surface area (Å²) in [7, 11) is 2.12. The number of thiophene rings is 1. The molecule has 11 heteroatoms. The molecule has 2 aliphatic heterocycles. The molecule has 0 aromatic carbocycles. The van der Waals surface area contributed by atoms with E-state index in [9.17, 15) is 5.26 Å². The standard InChI is InChI=1S/C33H41N7O3S/c1-5-23(22-10-8-14-40(22)4)42-26-15-25(41-19-16-32(2,3)36-18-19)37-31(38-26)28-20-9-6-12-33(29(20)43-39-28)13-7-11-24-27(33)21(17-34)30(35)44-24/h5,15,19,22-23,36H,1,6-14,16,18,35H2,2-4H3/t19-,22+,23+,33+/m1/s1. The number of aromatic nitrogens is 3. The molecule has 0 radical (unpaired) electrons. The lowest BCUT2D eigenvalue weighted by Crippen LogP contribution is -2.38. The Balaban J connectivity index is 1.29. The van der Waals surface area contributed by atoms with E-state index in [-0.39, 0.29) is 23.8 Å². The smallest absolute Gasteiger partial charge is 0.221 e. The summed E-state index contributed by atoms with van der Waals surface area (Å²) in [5.74, 6) is 2.13. The van der Waals surface area contributed by atoms with Crippen LogP contribution in [0.1, 0.15) is 86.1 Å². The van der Waals surface area contributed by atoms with Crippen molar-refractivity contribution in [2.75, 3.05) is 25.9 Å². The Morgan fingerprint density at radius 1 is 1.25 bits per heavy atom. The molecule has 2 saturated heterocycles. The van der Waals surface area contributed by atoms with Crippen LogP contribution in [0, 0.1) is 11.3 Å². The number of hydrogen-bond acceptors (Lipinski definition) is 11. The van der Waals surface area contributed by atoms with Crippen molar-refractivity contribution in [3.63, 3.8) is 0 Å². The third kappa shape index (κ3) is 4.97. The Kier molecular flexibility index (Phi) is 7.42. The van der Waals surface area contributed by atoms with Crippen LogP contribution in [0.15, 0.2) is 23.2 Å². The van der Waals surface area contributed by atoms with E-state index in [0.29, 0.717) is 33.8 Å². The summed E-state index contributed by atoms with van der Waals surface area (Å²) < 4.78 is 19.2. The van der Waals surface area contributed by atoms with E-state index < -0.39 is 5.41 Å². The lowest BCUT2D eigenvalue weighted by Gasteiger charge is -2.39. The Morgan fingerprint density at radius 2 is 2.05 bits per heavy atom. The van der Waals surface area contributed by atoms with Crippen molar-refractivity contribution >= 4 is 16.3 Å². The zero-order valence-electron chi connectivity index (χ0n) is 25.8. The van der Waals surface area contributed by atoms with Gasteiger partial charge in [-0.25, -0.2) is 0 Å². The monoisotopic (exact) mass is 615 g/mol. The number of hydrogen-bond donors (Lipinski definition) is 2. The molecule has 3 N–H and O–H groups in total. The first-order valence-corrected chi connectivity index (χ1v) is 16.6. The summed E-state index contributed by atoms with van der Waals surface area (Å²) in [4.78, 5) is 13.3. The highest BCUT2D eigenvalue weighted by Crippen LogP contribution is 2.55. The van der Waals surface area contributed by atoms with Crippen molar-refractivity contribution in [2.45, 2.75) is 101 Å². The van der Waals surface area contributed by atoms with Gasteiger partial charge in [-0.3, -0.25) is 4.90 Å². The Labute approximate surface area is 262 Å². The van der Waals surface area contributed by atoms with Crippen LogP contribution in [0.4, 0.5) is 5.00 Å². The number of aryl methyl sites for hydroxylation is 1. The van der Waals surface area contributed by atoms with Gasteiger partial charge in [-0.05, 0) is 90.4 Å². The fourth-order valence-corrected chi connectivity index (χ4v) is 9.14. The molecule has 10 nitrogen and oxygen atoms in total. The molecule has 2 fully saturated rings. The maximum atomic E-state index is 10.1.